The standard InChI is InChI=1S/C11H13NO4/c13-9(11(10(14)15)4-2-5-11)12-7-8-3-1-6-16-8/h1,3,6H,2,4-5,7H2,(H,12,13)(H,14,15). The van der Waals surface area contributed by atoms with Gasteiger partial charge >= 0.3 is 5.97 Å². The van der Waals surface area contributed by atoms with Crippen LogP contribution in [0.25, 0.3) is 0 Å². The third-order valence-electron chi connectivity index (χ3n) is 3.05. The van der Waals surface area contributed by atoms with Crippen LogP contribution in [0.15, 0.2) is 22.8 Å². The van der Waals surface area contributed by atoms with Gasteiger partial charge in [-0.2, -0.15) is 0 Å². The fourth-order valence-corrected chi connectivity index (χ4v) is 1.82. The van der Waals surface area contributed by atoms with E-state index in [-0.39, 0.29) is 6.54 Å². The molecule has 1 aliphatic rings. The molecule has 0 saturated heterocycles. The second-order valence-corrected chi connectivity index (χ2v) is 4.00. The van der Waals surface area contributed by atoms with Crippen LogP contribution < -0.4 is 5.32 Å². The number of hydrogen-bond donors (Lipinski definition) is 2. The van der Waals surface area contributed by atoms with Crippen LogP contribution in [0.5, 0.6) is 0 Å². The zero-order valence-electron chi connectivity index (χ0n) is 8.73. The second kappa shape index (κ2) is 4.00. The number of aliphatic carboxylic acids is 1. The number of furan rings is 1. The Bertz CT molecular complexity index is 392. The fourth-order valence-electron chi connectivity index (χ4n) is 1.82. The molecule has 1 saturated carbocycles. The van der Waals surface area contributed by atoms with Gasteiger partial charge in [-0.15, -0.1) is 0 Å². The van der Waals surface area contributed by atoms with Crippen LogP contribution in [-0.2, 0) is 16.1 Å². The summed E-state index contributed by atoms with van der Waals surface area (Å²) in [7, 11) is 0. The van der Waals surface area contributed by atoms with Crippen molar-refractivity contribution in [2.24, 2.45) is 5.41 Å². The fraction of sp³-hybridized carbons (Fsp3) is 0.455. The molecule has 2 rings (SSSR count). The summed E-state index contributed by atoms with van der Waals surface area (Å²) in [6.07, 6.45) is 3.15. The van der Waals surface area contributed by atoms with Crippen molar-refractivity contribution >= 4 is 11.9 Å². The first kappa shape index (κ1) is 10.7. The van der Waals surface area contributed by atoms with Gasteiger partial charge in [0.25, 0.3) is 0 Å². The van der Waals surface area contributed by atoms with E-state index in [0.29, 0.717) is 18.6 Å². The Hall–Kier alpha value is -1.78. The first-order chi connectivity index (χ1) is 7.65. The molecule has 1 amide bonds. The normalized spacial score (nSPS) is 17.5. The van der Waals surface area contributed by atoms with Gasteiger partial charge < -0.3 is 14.8 Å². The SMILES string of the molecule is O=C(O)C1(C(=O)NCc2ccco2)CCC1. The van der Waals surface area contributed by atoms with E-state index < -0.39 is 17.3 Å². The molecule has 0 aliphatic heterocycles. The Morgan fingerprint density at radius 3 is 2.69 bits per heavy atom. The third kappa shape index (κ3) is 1.68. The molecule has 0 atom stereocenters. The maximum Gasteiger partial charge on any atom is 0.319 e. The molecule has 1 aromatic heterocycles. The van der Waals surface area contributed by atoms with Gasteiger partial charge in [0.2, 0.25) is 5.91 Å². The molecule has 5 nitrogen and oxygen atoms in total. The smallest absolute Gasteiger partial charge is 0.319 e. The van der Waals surface area contributed by atoms with Gasteiger partial charge in [0.05, 0.1) is 12.8 Å². The van der Waals surface area contributed by atoms with Gasteiger partial charge in [0.1, 0.15) is 11.2 Å². The summed E-state index contributed by atoms with van der Waals surface area (Å²) < 4.78 is 5.05. The van der Waals surface area contributed by atoms with Gasteiger partial charge in [-0.05, 0) is 25.0 Å². The van der Waals surface area contributed by atoms with Crippen molar-refractivity contribution < 1.29 is 19.1 Å². The Balaban J connectivity index is 1.95. The summed E-state index contributed by atoms with van der Waals surface area (Å²) >= 11 is 0. The van der Waals surface area contributed by atoms with Crippen LogP contribution >= 0.6 is 0 Å². The van der Waals surface area contributed by atoms with Crippen molar-refractivity contribution in [3.05, 3.63) is 24.2 Å². The highest BCUT2D eigenvalue weighted by Crippen LogP contribution is 2.41. The van der Waals surface area contributed by atoms with E-state index in [1.54, 1.807) is 12.1 Å². The predicted octanol–water partition coefficient (Wildman–Crippen LogP) is 1.15. The van der Waals surface area contributed by atoms with Gasteiger partial charge in [0, 0.05) is 0 Å². The Morgan fingerprint density at radius 1 is 1.50 bits per heavy atom. The van der Waals surface area contributed by atoms with Crippen molar-refractivity contribution in [2.45, 2.75) is 25.8 Å². The van der Waals surface area contributed by atoms with Crippen molar-refractivity contribution in [2.75, 3.05) is 0 Å². The van der Waals surface area contributed by atoms with Crippen LogP contribution in [0, 0.1) is 5.41 Å². The molecular weight excluding hydrogens is 210 g/mol. The number of carbonyl (C=O) groups excluding carboxylic acids is 1. The lowest BCUT2D eigenvalue weighted by Crippen LogP contribution is -2.50. The van der Waals surface area contributed by atoms with Crippen LogP contribution in [-0.4, -0.2) is 17.0 Å². The number of rotatable bonds is 4. The molecule has 86 valence electrons. The molecule has 0 bridgehead atoms. The van der Waals surface area contributed by atoms with Crippen molar-refractivity contribution in [3.8, 4) is 0 Å². The average Bonchev–Trinajstić information content (AvgIpc) is 2.64. The zero-order chi connectivity index (χ0) is 11.6. The number of nitrogens with one attached hydrogen (secondary N) is 1. The highest BCUT2D eigenvalue weighted by molar-refractivity contribution is 6.02. The molecule has 0 spiro atoms. The van der Waals surface area contributed by atoms with Crippen LogP contribution in [0.3, 0.4) is 0 Å². The topological polar surface area (TPSA) is 79.5 Å². The lowest BCUT2D eigenvalue weighted by Gasteiger charge is -2.35. The lowest BCUT2D eigenvalue weighted by molar-refractivity contribution is -0.162. The van der Waals surface area contributed by atoms with Crippen LogP contribution in [0.1, 0.15) is 25.0 Å². The van der Waals surface area contributed by atoms with Gasteiger partial charge in [-0.25, -0.2) is 0 Å². The van der Waals surface area contributed by atoms with Gasteiger partial charge in [0.15, 0.2) is 0 Å². The third-order valence-corrected chi connectivity index (χ3v) is 3.05. The van der Waals surface area contributed by atoms with E-state index in [2.05, 4.69) is 5.32 Å². The van der Waals surface area contributed by atoms with E-state index in [1.165, 1.54) is 6.26 Å². The highest BCUT2D eigenvalue weighted by Gasteiger charge is 2.51. The summed E-state index contributed by atoms with van der Waals surface area (Å²) in [6, 6.07) is 3.45. The van der Waals surface area contributed by atoms with Crippen LogP contribution in [0.4, 0.5) is 0 Å². The summed E-state index contributed by atoms with van der Waals surface area (Å²) in [5, 5.41) is 11.6. The van der Waals surface area contributed by atoms with E-state index in [1.807, 2.05) is 0 Å². The first-order valence-corrected chi connectivity index (χ1v) is 5.19. The van der Waals surface area contributed by atoms with Crippen molar-refractivity contribution in [1.82, 2.24) is 5.32 Å². The Kier molecular flexibility index (Phi) is 2.68. The van der Waals surface area contributed by atoms with E-state index in [0.717, 1.165) is 6.42 Å². The van der Waals surface area contributed by atoms with Gasteiger partial charge in [-0.1, -0.05) is 6.42 Å². The van der Waals surface area contributed by atoms with Crippen molar-refractivity contribution in [3.63, 3.8) is 0 Å². The zero-order valence-corrected chi connectivity index (χ0v) is 8.73. The second-order valence-electron chi connectivity index (χ2n) is 4.00. The summed E-state index contributed by atoms with van der Waals surface area (Å²) in [5.41, 5.74) is -1.20. The molecule has 5 heteroatoms. The van der Waals surface area contributed by atoms with Crippen LogP contribution in [0.2, 0.25) is 0 Å². The largest absolute Gasteiger partial charge is 0.480 e. The number of carboxylic acid groups (broad SMARTS) is 1. The van der Waals surface area contributed by atoms with Crippen molar-refractivity contribution in [1.29, 1.82) is 0 Å². The summed E-state index contributed by atoms with van der Waals surface area (Å²) in [4.78, 5) is 22.8. The molecule has 1 fully saturated rings. The minimum absolute atomic E-state index is 0.237. The summed E-state index contributed by atoms with van der Waals surface area (Å²) in [5.74, 6) is -0.827. The van der Waals surface area contributed by atoms with E-state index in [9.17, 15) is 9.59 Å². The van der Waals surface area contributed by atoms with E-state index >= 15 is 0 Å². The minimum Gasteiger partial charge on any atom is -0.480 e. The molecule has 0 aromatic carbocycles. The predicted molar refractivity (Wildman–Crippen MR) is 54.5 cm³/mol. The molecule has 0 unspecified atom stereocenters. The Morgan fingerprint density at radius 2 is 2.25 bits per heavy atom. The average molecular weight is 223 g/mol. The summed E-state index contributed by atoms with van der Waals surface area (Å²) in [6.45, 7) is 0.237. The quantitative estimate of drug-likeness (QED) is 0.750. The van der Waals surface area contributed by atoms with E-state index in [4.69, 9.17) is 9.52 Å². The number of carboxylic acids is 1. The monoisotopic (exact) mass is 223 g/mol. The molecule has 16 heavy (non-hydrogen) atoms. The highest BCUT2D eigenvalue weighted by atomic mass is 16.4. The lowest BCUT2D eigenvalue weighted by atomic mass is 9.68. The number of amides is 1. The van der Waals surface area contributed by atoms with Gasteiger partial charge in [-0.3, -0.25) is 9.59 Å². The number of hydrogen-bond acceptors (Lipinski definition) is 3. The molecule has 1 aromatic rings. The molecule has 0 radical (unpaired) electrons. The molecule has 1 heterocycles. The molecule has 1 aliphatic carbocycles. The Labute approximate surface area is 92.4 Å². The first-order valence-electron chi connectivity index (χ1n) is 5.19. The minimum atomic E-state index is -1.20. The maximum atomic E-state index is 11.8. The number of carbonyl (C=O) groups is 2. The molecule has 2 N–H and O–H groups in total. The maximum absolute atomic E-state index is 11.8. The molecular formula is C11H13NO4.